The molecule has 1 saturated heterocycles. The average molecular weight is 336 g/mol. The third-order valence-electron chi connectivity index (χ3n) is 3.57. The lowest BCUT2D eigenvalue weighted by molar-refractivity contribution is -0.143. The molecule has 0 aromatic heterocycles. The molecule has 1 fully saturated rings. The lowest BCUT2D eigenvalue weighted by atomic mass is 10.0. The summed E-state index contributed by atoms with van der Waals surface area (Å²) in [7, 11) is -2.01. The van der Waals surface area contributed by atoms with Crippen molar-refractivity contribution in [3.05, 3.63) is 0 Å². The van der Waals surface area contributed by atoms with Crippen LogP contribution in [0.25, 0.3) is 0 Å². The molecular formula is C13H24N2O6S. The van der Waals surface area contributed by atoms with Gasteiger partial charge in [0.2, 0.25) is 15.9 Å². The van der Waals surface area contributed by atoms with Gasteiger partial charge < -0.3 is 15.2 Å². The van der Waals surface area contributed by atoms with Crippen LogP contribution in [-0.2, 0) is 24.3 Å². The second-order valence-corrected chi connectivity index (χ2v) is 7.69. The van der Waals surface area contributed by atoms with Crippen LogP contribution in [0.15, 0.2) is 0 Å². The van der Waals surface area contributed by atoms with Crippen molar-refractivity contribution in [2.24, 2.45) is 5.92 Å². The summed E-state index contributed by atoms with van der Waals surface area (Å²) in [4.78, 5) is 23.6. The number of methoxy groups -OCH3 is 1. The van der Waals surface area contributed by atoms with Gasteiger partial charge in [0.05, 0.1) is 5.75 Å². The number of sulfonamides is 1. The van der Waals surface area contributed by atoms with E-state index < -0.39 is 34.0 Å². The molecule has 0 aromatic rings. The van der Waals surface area contributed by atoms with E-state index in [0.29, 0.717) is 6.42 Å². The molecule has 2 unspecified atom stereocenters. The molecule has 0 radical (unpaired) electrons. The fourth-order valence-corrected chi connectivity index (χ4v) is 4.31. The maximum atomic E-state index is 12.4. The summed E-state index contributed by atoms with van der Waals surface area (Å²) >= 11 is 0. The fourth-order valence-electron chi connectivity index (χ4n) is 2.49. The lowest BCUT2D eigenvalue weighted by Gasteiger charge is -2.29. The summed E-state index contributed by atoms with van der Waals surface area (Å²) in [6, 6.07) is -1.99. The molecule has 0 saturated carbocycles. The maximum Gasteiger partial charge on any atom is 0.326 e. The molecule has 1 aliphatic rings. The molecule has 0 aliphatic carbocycles. The molecular weight excluding hydrogens is 312 g/mol. The first-order valence-corrected chi connectivity index (χ1v) is 8.83. The Morgan fingerprint density at radius 2 is 2.00 bits per heavy atom. The Labute approximate surface area is 130 Å². The number of hydrogen-bond donors (Lipinski definition) is 2. The summed E-state index contributed by atoms with van der Waals surface area (Å²) in [5.74, 6) is -1.99. The molecule has 9 heteroatoms. The molecule has 0 bridgehead atoms. The monoisotopic (exact) mass is 336 g/mol. The van der Waals surface area contributed by atoms with Crippen LogP contribution in [0.1, 0.15) is 26.7 Å². The van der Waals surface area contributed by atoms with E-state index in [1.807, 2.05) is 0 Å². The molecule has 2 atom stereocenters. The highest BCUT2D eigenvalue weighted by molar-refractivity contribution is 7.89. The zero-order valence-corrected chi connectivity index (χ0v) is 13.9. The van der Waals surface area contributed by atoms with Gasteiger partial charge in [0.15, 0.2) is 0 Å². The van der Waals surface area contributed by atoms with Gasteiger partial charge in [0.25, 0.3) is 0 Å². The largest absolute Gasteiger partial charge is 0.480 e. The topological polar surface area (TPSA) is 113 Å². The predicted molar refractivity (Wildman–Crippen MR) is 79.8 cm³/mol. The van der Waals surface area contributed by atoms with Crippen LogP contribution in [0.4, 0.5) is 0 Å². The van der Waals surface area contributed by atoms with Crippen LogP contribution >= 0.6 is 0 Å². The van der Waals surface area contributed by atoms with Gasteiger partial charge in [-0.2, -0.15) is 4.31 Å². The number of carbonyl (C=O) groups is 2. The molecule has 1 aliphatic heterocycles. The minimum Gasteiger partial charge on any atom is -0.480 e. The number of aliphatic carboxylic acids is 1. The molecule has 2 N–H and O–H groups in total. The Kier molecular flexibility index (Phi) is 6.76. The smallest absolute Gasteiger partial charge is 0.326 e. The first kappa shape index (κ1) is 18.9. The van der Waals surface area contributed by atoms with Crippen molar-refractivity contribution >= 4 is 21.9 Å². The Morgan fingerprint density at radius 3 is 2.41 bits per heavy atom. The Balaban J connectivity index is 2.87. The van der Waals surface area contributed by atoms with Crippen molar-refractivity contribution < 1.29 is 27.9 Å². The highest BCUT2D eigenvalue weighted by atomic mass is 32.2. The van der Waals surface area contributed by atoms with Gasteiger partial charge in [0.1, 0.15) is 12.1 Å². The van der Waals surface area contributed by atoms with Crippen molar-refractivity contribution in [3.8, 4) is 0 Å². The van der Waals surface area contributed by atoms with Crippen molar-refractivity contribution in [1.29, 1.82) is 0 Å². The summed E-state index contributed by atoms with van der Waals surface area (Å²) in [5, 5.41) is 11.6. The van der Waals surface area contributed by atoms with E-state index in [1.165, 1.54) is 11.4 Å². The molecule has 128 valence electrons. The van der Waals surface area contributed by atoms with Crippen LogP contribution in [0.3, 0.4) is 0 Å². The van der Waals surface area contributed by atoms with Gasteiger partial charge in [-0.15, -0.1) is 0 Å². The number of ether oxygens (including phenoxy) is 1. The normalized spacial score (nSPS) is 20.7. The molecule has 0 spiro atoms. The highest BCUT2D eigenvalue weighted by Crippen LogP contribution is 2.22. The van der Waals surface area contributed by atoms with E-state index in [1.54, 1.807) is 13.8 Å². The first-order chi connectivity index (χ1) is 10.2. The predicted octanol–water partition coefficient (Wildman–Crippen LogP) is -0.348. The van der Waals surface area contributed by atoms with Crippen LogP contribution in [-0.4, -0.2) is 67.8 Å². The van der Waals surface area contributed by atoms with Gasteiger partial charge in [-0.1, -0.05) is 13.8 Å². The summed E-state index contributed by atoms with van der Waals surface area (Å²) in [5.41, 5.74) is 0. The molecule has 22 heavy (non-hydrogen) atoms. The van der Waals surface area contributed by atoms with E-state index in [0.717, 1.165) is 0 Å². The number of rotatable bonds is 8. The summed E-state index contributed by atoms with van der Waals surface area (Å²) in [6.07, 6.45) is 0.597. The summed E-state index contributed by atoms with van der Waals surface area (Å²) in [6.45, 7) is 3.95. The summed E-state index contributed by atoms with van der Waals surface area (Å²) < 4.78 is 30.0. The van der Waals surface area contributed by atoms with E-state index in [-0.39, 0.29) is 31.2 Å². The Bertz CT molecular complexity index is 505. The van der Waals surface area contributed by atoms with Gasteiger partial charge in [-0.25, -0.2) is 13.2 Å². The average Bonchev–Trinajstić information content (AvgIpc) is 2.74. The SMILES string of the molecule is COCCC(NC(=O)C(C(C)C)N1CCCS1(=O)=O)C(=O)O. The highest BCUT2D eigenvalue weighted by Gasteiger charge is 2.40. The van der Waals surface area contributed by atoms with Gasteiger partial charge in [-0.3, -0.25) is 4.79 Å². The number of hydrogen-bond acceptors (Lipinski definition) is 5. The molecule has 8 nitrogen and oxygen atoms in total. The zero-order valence-electron chi connectivity index (χ0n) is 13.1. The molecule has 1 heterocycles. The number of amides is 1. The molecule has 1 rings (SSSR count). The van der Waals surface area contributed by atoms with Crippen LogP contribution in [0.5, 0.6) is 0 Å². The number of nitrogens with zero attached hydrogens (tertiary/aromatic N) is 1. The minimum absolute atomic E-state index is 0.0233. The second-order valence-electron chi connectivity index (χ2n) is 5.65. The number of carboxylic acids is 1. The van der Waals surface area contributed by atoms with E-state index in [4.69, 9.17) is 9.84 Å². The third-order valence-corrected chi connectivity index (χ3v) is 5.50. The number of nitrogens with one attached hydrogen (secondary N) is 1. The van der Waals surface area contributed by atoms with Crippen molar-refractivity contribution in [2.75, 3.05) is 26.0 Å². The van der Waals surface area contributed by atoms with Crippen molar-refractivity contribution in [1.82, 2.24) is 9.62 Å². The van der Waals surface area contributed by atoms with E-state index >= 15 is 0 Å². The standard InChI is InChI=1S/C13H24N2O6S/c1-9(2)11(15-6-4-8-22(15,19)20)12(16)14-10(13(17)18)5-7-21-3/h9-11H,4-8H2,1-3H3,(H,14,16)(H,17,18). The first-order valence-electron chi connectivity index (χ1n) is 7.22. The zero-order chi connectivity index (χ0) is 16.9. The maximum absolute atomic E-state index is 12.4. The quantitative estimate of drug-likeness (QED) is 0.626. The van der Waals surface area contributed by atoms with Gasteiger partial charge >= 0.3 is 5.97 Å². The second kappa shape index (κ2) is 7.89. The minimum atomic E-state index is -3.45. The van der Waals surface area contributed by atoms with Gasteiger partial charge in [-0.05, 0) is 12.3 Å². The van der Waals surface area contributed by atoms with E-state index in [9.17, 15) is 18.0 Å². The van der Waals surface area contributed by atoms with Gasteiger partial charge in [0, 0.05) is 26.7 Å². The fraction of sp³-hybridized carbons (Fsp3) is 0.846. The van der Waals surface area contributed by atoms with Crippen LogP contribution < -0.4 is 5.32 Å². The third kappa shape index (κ3) is 4.65. The number of carbonyl (C=O) groups excluding carboxylic acids is 1. The van der Waals surface area contributed by atoms with Crippen molar-refractivity contribution in [2.45, 2.75) is 38.8 Å². The Morgan fingerprint density at radius 1 is 1.36 bits per heavy atom. The Hall–Kier alpha value is -1.19. The number of carboxylic acid groups (broad SMARTS) is 1. The van der Waals surface area contributed by atoms with Crippen LogP contribution in [0, 0.1) is 5.92 Å². The van der Waals surface area contributed by atoms with Crippen LogP contribution in [0.2, 0.25) is 0 Å². The molecule has 1 amide bonds. The van der Waals surface area contributed by atoms with Crippen molar-refractivity contribution in [3.63, 3.8) is 0 Å². The molecule has 0 aromatic carbocycles. The lowest BCUT2D eigenvalue weighted by Crippen LogP contribution is -2.54. The van der Waals surface area contributed by atoms with E-state index in [2.05, 4.69) is 5.32 Å².